The molecule has 0 aliphatic rings. The van der Waals surface area contributed by atoms with Crippen molar-refractivity contribution in [3.8, 4) is 10.6 Å². The van der Waals surface area contributed by atoms with Crippen LogP contribution in [0.5, 0.6) is 0 Å². The summed E-state index contributed by atoms with van der Waals surface area (Å²) in [4.78, 5) is 17.3. The molecule has 3 aromatic heterocycles. The molecule has 0 unspecified atom stereocenters. The Morgan fingerprint density at radius 1 is 1.17 bits per heavy atom. The average molecular weight is 437 g/mol. The normalized spacial score (nSPS) is 11.7. The lowest BCUT2D eigenvalue weighted by Crippen LogP contribution is -2.23. The maximum absolute atomic E-state index is 13.6. The van der Waals surface area contributed by atoms with Gasteiger partial charge in [0.05, 0.1) is 10.6 Å². The van der Waals surface area contributed by atoms with Crippen molar-refractivity contribution < 1.29 is 18.0 Å². The first-order valence-electron chi connectivity index (χ1n) is 8.37. The summed E-state index contributed by atoms with van der Waals surface area (Å²) in [5.41, 5.74) is -0.665. The zero-order chi connectivity index (χ0) is 20.6. The Kier molecular flexibility index (Phi) is 5.01. The van der Waals surface area contributed by atoms with Crippen LogP contribution in [-0.4, -0.2) is 20.5 Å². The third kappa shape index (κ3) is 3.83. The van der Waals surface area contributed by atoms with Crippen molar-refractivity contribution >= 4 is 34.5 Å². The first-order chi connectivity index (χ1) is 13.8. The molecule has 1 aromatic carbocycles. The van der Waals surface area contributed by atoms with E-state index in [1.165, 1.54) is 11.3 Å². The predicted octanol–water partition coefficient (Wildman–Crippen LogP) is 5.06. The van der Waals surface area contributed by atoms with E-state index in [2.05, 4.69) is 15.4 Å². The van der Waals surface area contributed by atoms with Crippen LogP contribution in [-0.2, 0) is 12.7 Å². The summed E-state index contributed by atoms with van der Waals surface area (Å²) in [7, 11) is 0. The average Bonchev–Trinajstić information content (AvgIpc) is 3.34. The maximum atomic E-state index is 13.6. The van der Waals surface area contributed by atoms with E-state index in [0.717, 1.165) is 11.6 Å². The number of halogens is 4. The van der Waals surface area contributed by atoms with Gasteiger partial charge in [-0.2, -0.15) is 18.3 Å². The van der Waals surface area contributed by atoms with Gasteiger partial charge in [-0.15, -0.1) is 11.3 Å². The number of carbonyl (C=O) groups is 1. The highest BCUT2D eigenvalue weighted by Gasteiger charge is 2.36. The van der Waals surface area contributed by atoms with Gasteiger partial charge in [0.2, 0.25) is 0 Å². The van der Waals surface area contributed by atoms with Crippen molar-refractivity contribution in [1.82, 2.24) is 19.9 Å². The number of thiophene rings is 1. The summed E-state index contributed by atoms with van der Waals surface area (Å²) in [5.74, 6) is -0.685. The van der Waals surface area contributed by atoms with Gasteiger partial charge in [0, 0.05) is 6.54 Å². The molecule has 4 rings (SSSR count). The molecule has 0 saturated carbocycles. The molecule has 5 nitrogen and oxygen atoms in total. The van der Waals surface area contributed by atoms with Gasteiger partial charge in [-0.3, -0.25) is 4.79 Å². The van der Waals surface area contributed by atoms with E-state index >= 15 is 0 Å². The fourth-order valence-electron chi connectivity index (χ4n) is 2.75. The van der Waals surface area contributed by atoms with Gasteiger partial charge in [0.1, 0.15) is 5.02 Å². The summed E-state index contributed by atoms with van der Waals surface area (Å²) in [6.45, 7) is 0.184. The molecule has 148 valence electrons. The van der Waals surface area contributed by atoms with Crippen LogP contribution in [0.1, 0.15) is 21.7 Å². The second-order valence-corrected chi connectivity index (χ2v) is 7.39. The molecular weight excluding hydrogens is 425 g/mol. The molecule has 0 atom stereocenters. The quantitative estimate of drug-likeness (QED) is 0.486. The standard InChI is InChI=1S/C19H12ClF3N4OS/c20-15-16(18(28)24-10-11-5-2-1-3-6-11)26-27-14(19(21,22)23)9-12(25-17(15)27)13-7-4-8-29-13/h1-9H,10H2,(H,24,28). The Bertz CT molecular complexity index is 1170. The van der Waals surface area contributed by atoms with Gasteiger partial charge < -0.3 is 5.32 Å². The number of nitrogens with zero attached hydrogens (tertiary/aromatic N) is 3. The van der Waals surface area contributed by atoms with E-state index in [0.29, 0.717) is 9.39 Å². The molecule has 0 aliphatic carbocycles. The first-order valence-corrected chi connectivity index (χ1v) is 9.63. The van der Waals surface area contributed by atoms with E-state index in [1.54, 1.807) is 17.5 Å². The van der Waals surface area contributed by atoms with Gasteiger partial charge in [0.15, 0.2) is 17.0 Å². The minimum Gasteiger partial charge on any atom is -0.347 e. The molecule has 4 aromatic rings. The number of hydrogen-bond donors (Lipinski definition) is 1. The molecule has 29 heavy (non-hydrogen) atoms. The SMILES string of the molecule is O=C(NCc1ccccc1)c1nn2c(C(F)(F)F)cc(-c3cccs3)nc2c1Cl. The van der Waals surface area contributed by atoms with Crippen molar-refractivity contribution in [2.45, 2.75) is 12.7 Å². The van der Waals surface area contributed by atoms with Crippen LogP contribution in [0, 0.1) is 0 Å². The molecule has 0 saturated heterocycles. The van der Waals surface area contributed by atoms with E-state index in [1.807, 2.05) is 30.3 Å². The minimum absolute atomic E-state index is 0.109. The van der Waals surface area contributed by atoms with E-state index < -0.39 is 17.8 Å². The topological polar surface area (TPSA) is 59.3 Å². The first kappa shape index (κ1) is 19.4. The molecule has 3 heterocycles. The summed E-state index contributed by atoms with van der Waals surface area (Å²) in [6.07, 6.45) is -4.71. The molecule has 0 aliphatic heterocycles. The van der Waals surface area contributed by atoms with Gasteiger partial charge in [-0.05, 0) is 23.1 Å². The smallest absolute Gasteiger partial charge is 0.347 e. The Morgan fingerprint density at radius 3 is 2.59 bits per heavy atom. The van der Waals surface area contributed by atoms with Gasteiger partial charge in [0.25, 0.3) is 5.91 Å². The molecule has 10 heteroatoms. The number of aromatic nitrogens is 3. The van der Waals surface area contributed by atoms with E-state index in [4.69, 9.17) is 11.6 Å². The van der Waals surface area contributed by atoms with Crippen molar-refractivity contribution in [1.29, 1.82) is 0 Å². The highest BCUT2D eigenvalue weighted by atomic mass is 35.5. The monoisotopic (exact) mass is 436 g/mol. The van der Waals surface area contributed by atoms with Crippen LogP contribution >= 0.6 is 22.9 Å². The largest absolute Gasteiger partial charge is 0.433 e. The third-order valence-electron chi connectivity index (χ3n) is 4.11. The van der Waals surface area contributed by atoms with Crippen LogP contribution in [0.25, 0.3) is 16.2 Å². The molecule has 0 radical (unpaired) electrons. The van der Waals surface area contributed by atoms with E-state index in [9.17, 15) is 18.0 Å². The van der Waals surface area contributed by atoms with Crippen molar-refractivity contribution in [2.75, 3.05) is 0 Å². The number of fused-ring (bicyclic) bond motifs is 1. The Morgan fingerprint density at radius 2 is 1.93 bits per heavy atom. The number of nitrogens with one attached hydrogen (secondary N) is 1. The van der Waals surface area contributed by atoms with E-state index in [-0.39, 0.29) is 28.6 Å². The highest BCUT2D eigenvalue weighted by molar-refractivity contribution is 7.13. The summed E-state index contributed by atoms with van der Waals surface area (Å²) >= 11 is 7.47. The zero-order valence-corrected chi connectivity index (χ0v) is 16.1. The number of rotatable bonds is 4. The number of amides is 1. The number of carbonyl (C=O) groups excluding carboxylic acids is 1. The van der Waals surface area contributed by atoms with Crippen LogP contribution in [0.15, 0.2) is 53.9 Å². The lowest BCUT2D eigenvalue weighted by atomic mass is 10.2. The van der Waals surface area contributed by atoms with Crippen LogP contribution < -0.4 is 5.32 Å². The molecule has 1 N–H and O–H groups in total. The van der Waals surface area contributed by atoms with Crippen molar-refractivity contribution in [3.63, 3.8) is 0 Å². The van der Waals surface area contributed by atoms with Crippen molar-refractivity contribution in [3.05, 3.63) is 75.9 Å². The molecule has 1 amide bonds. The predicted molar refractivity (Wildman–Crippen MR) is 104 cm³/mol. The summed E-state index contributed by atoms with van der Waals surface area (Å²) < 4.78 is 41.4. The van der Waals surface area contributed by atoms with Gasteiger partial charge >= 0.3 is 6.18 Å². The highest BCUT2D eigenvalue weighted by Crippen LogP contribution is 2.35. The second kappa shape index (κ2) is 7.49. The third-order valence-corrected chi connectivity index (χ3v) is 5.35. The minimum atomic E-state index is -4.71. The number of alkyl halides is 3. The Hall–Kier alpha value is -2.91. The fourth-order valence-corrected chi connectivity index (χ4v) is 3.68. The Balaban J connectivity index is 1.76. The number of benzene rings is 1. The number of hydrogen-bond acceptors (Lipinski definition) is 4. The lowest BCUT2D eigenvalue weighted by molar-refractivity contribution is -0.142. The molecule has 0 spiro atoms. The van der Waals surface area contributed by atoms with Crippen LogP contribution in [0.4, 0.5) is 13.2 Å². The Labute approximate surface area is 171 Å². The van der Waals surface area contributed by atoms with Crippen LogP contribution in [0.3, 0.4) is 0 Å². The summed E-state index contributed by atoms with van der Waals surface area (Å²) in [5, 5.41) is 7.91. The molecular formula is C19H12ClF3N4OS. The fraction of sp³-hybridized carbons (Fsp3) is 0.105. The maximum Gasteiger partial charge on any atom is 0.433 e. The molecule has 0 bridgehead atoms. The lowest BCUT2D eigenvalue weighted by Gasteiger charge is -2.10. The second-order valence-electron chi connectivity index (χ2n) is 6.07. The van der Waals surface area contributed by atoms with Crippen molar-refractivity contribution in [2.24, 2.45) is 0 Å². The zero-order valence-electron chi connectivity index (χ0n) is 14.6. The van der Waals surface area contributed by atoms with Gasteiger partial charge in [-0.25, -0.2) is 9.50 Å². The summed E-state index contributed by atoms with van der Waals surface area (Å²) in [6, 6.07) is 13.3. The molecule has 0 fully saturated rings. The van der Waals surface area contributed by atoms with Gasteiger partial charge in [-0.1, -0.05) is 48.0 Å². The van der Waals surface area contributed by atoms with Crippen LogP contribution in [0.2, 0.25) is 5.02 Å².